The fourth-order valence-electron chi connectivity index (χ4n) is 5.94. The van der Waals surface area contributed by atoms with Crippen LogP contribution in [-0.4, -0.2) is 47.0 Å². The molecule has 2 N–H and O–H groups in total. The maximum Gasteiger partial charge on any atom is 0.149 e. The normalized spacial score (nSPS) is 24.2. The molecule has 3 aliphatic rings. The van der Waals surface area contributed by atoms with Gasteiger partial charge in [-0.1, -0.05) is 48.5 Å². The predicted octanol–water partition coefficient (Wildman–Crippen LogP) is 5.19. The maximum absolute atomic E-state index is 6.49. The molecule has 6 rings (SSSR count). The lowest BCUT2D eigenvalue weighted by molar-refractivity contribution is 0.0286. The zero-order valence-electron chi connectivity index (χ0n) is 20.3. The van der Waals surface area contributed by atoms with Crippen molar-refractivity contribution in [3.8, 4) is 11.3 Å². The molecule has 0 radical (unpaired) electrons. The van der Waals surface area contributed by atoms with Gasteiger partial charge >= 0.3 is 0 Å². The van der Waals surface area contributed by atoms with Crippen molar-refractivity contribution in [2.24, 2.45) is 16.6 Å². The quantitative estimate of drug-likeness (QED) is 0.574. The average molecular weight is 466 g/mol. The number of hydrogen-bond acceptors (Lipinski definition) is 6. The molecule has 3 heterocycles. The molecule has 1 aromatic heterocycles. The summed E-state index contributed by atoms with van der Waals surface area (Å²) in [5.41, 5.74) is 12.8. The summed E-state index contributed by atoms with van der Waals surface area (Å²) in [6, 6.07) is 21.1. The van der Waals surface area contributed by atoms with E-state index in [-0.39, 0.29) is 6.17 Å². The predicted molar refractivity (Wildman–Crippen MR) is 141 cm³/mol. The molecule has 1 atom stereocenters. The largest absolute Gasteiger partial charge is 0.382 e. The lowest BCUT2D eigenvalue weighted by atomic mass is 9.84. The van der Waals surface area contributed by atoms with E-state index in [9.17, 15) is 0 Å². The zero-order chi connectivity index (χ0) is 23.9. The molecule has 1 saturated carbocycles. The SMILES string of the molecule is COC1CCC(C2N(C)C(c3ccc4ccc(-c5ccccc5)nc4c3)=C3C(N)=NC=CN32)CC1. The maximum atomic E-state index is 6.49. The van der Waals surface area contributed by atoms with Crippen LogP contribution >= 0.6 is 0 Å². The highest BCUT2D eigenvalue weighted by atomic mass is 16.5. The fourth-order valence-corrected chi connectivity index (χ4v) is 5.94. The van der Waals surface area contributed by atoms with Gasteiger partial charge in [-0.25, -0.2) is 9.98 Å². The molecule has 1 fully saturated rings. The summed E-state index contributed by atoms with van der Waals surface area (Å²) in [5.74, 6) is 1.09. The first-order chi connectivity index (χ1) is 17.1. The first-order valence-electron chi connectivity index (χ1n) is 12.4. The molecule has 1 aliphatic carbocycles. The van der Waals surface area contributed by atoms with Crippen molar-refractivity contribution in [1.29, 1.82) is 0 Å². The monoisotopic (exact) mass is 465 g/mol. The summed E-state index contributed by atoms with van der Waals surface area (Å²) in [7, 11) is 4.01. The molecule has 6 nitrogen and oxygen atoms in total. The average Bonchev–Trinajstić information content (AvgIpc) is 3.21. The Hall–Kier alpha value is -3.64. The van der Waals surface area contributed by atoms with Gasteiger partial charge in [0, 0.05) is 43.1 Å². The van der Waals surface area contributed by atoms with Crippen molar-refractivity contribution < 1.29 is 4.74 Å². The fraction of sp³-hybridized carbons (Fsp3) is 0.310. The number of aromatic nitrogens is 1. The van der Waals surface area contributed by atoms with Crippen LogP contribution in [0.25, 0.3) is 27.9 Å². The number of nitrogens with zero attached hydrogens (tertiary/aromatic N) is 4. The molecular weight excluding hydrogens is 434 g/mol. The number of benzene rings is 2. The third-order valence-corrected chi connectivity index (χ3v) is 7.71. The highest BCUT2D eigenvalue weighted by Crippen LogP contribution is 2.43. The Morgan fingerprint density at radius 3 is 2.46 bits per heavy atom. The van der Waals surface area contributed by atoms with Gasteiger partial charge in [0.05, 0.1) is 23.0 Å². The van der Waals surface area contributed by atoms with E-state index in [4.69, 9.17) is 15.5 Å². The topological polar surface area (TPSA) is 67.0 Å². The van der Waals surface area contributed by atoms with Crippen molar-refractivity contribution in [3.05, 3.63) is 84.3 Å². The minimum atomic E-state index is 0.211. The van der Waals surface area contributed by atoms with E-state index in [1.807, 2.05) is 31.5 Å². The second-order valence-electron chi connectivity index (χ2n) is 9.68. The van der Waals surface area contributed by atoms with E-state index < -0.39 is 0 Å². The Balaban J connectivity index is 1.40. The Morgan fingerprint density at radius 1 is 0.914 bits per heavy atom. The van der Waals surface area contributed by atoms with Crippen molar-refractivity contribution >= 4 is 22.4 Å². The van der Waals surface area contributed by atoms with Crippen LogP contribution < -0.4 is 5.73 Å². The third-order valence-electron chi connectivity index (χ3n) is 7.71. The molecule has 178 valence electrons. The van der Waals surface area contributed by atoms with Crippen molar-refractivity contribution in [2.75, 3.05) is 14.2 Å². The van der Waals surface area contributed by atoms with Crippen molar-refractivity contribution in [3.63, 3.8) is 0 Å². The van der Waals surface area contributed by atoms with E-state index in [0.29, 0.717) is 17.9 Å². The number of methoxy groups -OCH3 is 1. The van der Waals surface area contributed by atoms with Crippen LogP contribution in [-0.2, 0) is 4.74 Å². The van der Waals surface area contributed by atoms with Crippen LogP contribution in [0.1, 0.15) is 31.2 Å². The van der Waals surface area contributed by atoms with Gasteiger partial charge in [-0.3, -0.25) is 0 Å². The molecular formula is C29H31N5O. The third kappa shape index (κ3) is 3.78. The first kappa shape index (κ1) is 21.9. The molecule has 0 amide bonds. The molecule has 0 spiro atoms. The number of ether oxygens (including phenoxy) is 1. The lowest BCUT2D eigenvalue weighted by Gasteiger charge is -2.40. The van der Waals surface area contributed by atoms with Gasteiger partial charge in [-0.2, -0.15) is 0 Å². The van der Waals surface area contributed by atoms with Crippen LogP contribution in [0.5, 0.6) is 0 Å². The number of amidine groups is 1. The summed E-state index contributed by atoms with van der Waals surface area (Å²) < 4.78 is 5.63. The number of aliphatic imine (C=N–C) groups is 1. The molecule has 2 aliphatic heterocycles. The van der Waals surface area contributed by atoms with Gasteiger partial charge in [-0.05, 0) is 43.7 Å². The number of fused-ring (bicyclic) bond motifs is 2. The van der Waals surface area contributed by atoms with Crippen LogP contribution in [0, 0.1) is 5.92 Å². The number of rotatable bonds is 4. The second-order valence-corrected chi connectivity index (χ2v) is 9.68. The molecule has 6 heteroatoms. The first-order valence-corrected chi connectivity index (χ1v) is 12.4. The molecule has 2 aromatic carbocycles. The Kier molecular flexibility index (Phi) is 5.53. The van der Waals surface area contributed by atoms with E-state index in [1.54, 1.807) is 0 Å². The van der Waals surface area contributed by atoms with Gasteiger partial charge in [0.15, 0.2) is 0 Å². The van der Waals surface area contributed by atoms with Crippen molar-refractivity contribution in [1.82, 2.24) is 14.8 Å². The minimum absolute atomic E-state index is 0.211. The second kappa shape index (κ2) is 8.86. The van der Waals surface area contributed by atoms with Crippen LogP contribution in [0.4, 0.5) is 0 Å². The number of pyridine rings is 1. The van der Waals surface area contributed by atoms with Gasteiger partial charge in [0.2, 0.25) is 0 Å². The van der Waals surface area contributed by atoms with Crippen LogP contribution in [0.2, 0.25) is 0 Å². The summed E-state index contributed by atoms with van der Waals surface area (Å²) >= 11 is 0. The molecule has 1 unspecified atom stereocenters. The van der Waals surface area contributed by atoms with E-state index in [1.165, 1.54) is 0 Å². The van der Waals surface area contributed by atoms with Gasteiger partial charge < -0.3 is 20.3 Å². The minimum Gasteiger partial charge on any atom is -0.382 e. The lowest BCUT2D eigenvalue weighted by Crippen LogP contribution is -2.45. The Bertz CT molecular complexity index is 1340. The molecule has 35 heavy (non-hydrogen) atoms. The van der Waals surface area contributed by atoms with Crippen molar-refractivity contribution in [2.45, 2.75) is 38.0 Å². The number of nitrogens with two attached hydrogens (primary N) is 1. The van der Waals surface area contributed by atoms with E-state index >= 15 is 0 Å². The zero-order valence-corrected chi connectivity index (χ0v) is 20.3. The van der Waals surface area contributed by atoms with Gasteiger partial charge in [0.25, 0.3) is 0 Å². The molecule has 0 bridgehead atoms. The van der Waals surface area contributed by atoms with Gasteiger partial charge in [0.1, 0.15) is 17.7 Å². The number of hydrogen-bond donors (Lipinski definition) is 1. The molecule has 0 saturated heterocycles. The standard InChI is InChI=1S/C29H31N5O/c1-33-26(22-9-8-20-12-15-24(32-25(20)18-22)19-6-4-3-5-7-19)27-28(30)31-16-17-34(27)29(33)21-10-13-23(35-2)14-11-21/h3-9,12,15-18,21,23,29H,10-11,13-14H2,1-2H3,(H2,30,31). The van der Waals surface area contributed by atoms with Crippen LogP contribution in [0.15, 0.2) is 83.8 Å². The van der Waals surface area contributed by atoms with Gasteiger partial charge in [-0.15, -0.1) is 0 Å². The smallest absolute Gasteiger partial charge is 0.149 e. The van der Waals surface area contributed by atoms with E-state index in [0.717, 1.165) is 64.8 Å². The summed E-state index contributed by atoms with van der Waals surface area (Å²) in [6.45, 7) is 0. The molecule has 3 aromatic rings. The van der Waals surface area contributed by atoms with Crippen LogP contribution in [0.3, 0.4) is 0 Å². The summed E-state index contributed by atoms with van der Waals surface area (Å²) in [6.07, 6.45) is 8.94. The Morgan fingerprint density at radius 2 is 1.69 bits per heavy atom. The Labute approximate surface area is 206 Å². The highest BCUT2D eigenvalue weighted by molar-refractivity contribution is 6.05. The van der Waals surface area contributed by atoms with E-state index in [2.05, 4.69) is 70.5 Å². The summed E-state index contributed by atoms with van der Waals surface area (Å²) in [4.78, 5) is 14.2. The highest BCUT2D eigenvalue weighted by Gasteiger charge is 2.43. The summed E-state index contributed by atoms with van der Waals surface area (Å²) in [5, 5.41) is 1.12.